The fourth-order valence-electron chi connectivity index (χ4n) is 3.86. The smallest absolute Gasteiger partial charge is 0.277 e. The molecule has 0 saturated heterocycles. The van der Waals surface area contributed by atoms with Gasteiger partial charge in [-0.3, -0.25) is 9.79 Å². The molecule has 1 aromatic carbocycles. The summed E-state index contributed by atoms with van der Waals surface area (Å²) in [7, 11) is -3.58. The lowest BCUT2D eigenvalue weighted by Crippen LogP contribution is -2.53. The van der Waals surface area contributed by atoms with E-state index >= 15 is 0 Å². The maximum Gasteiger partial charge on any atom is 0.277 e. The minimum atomic E-state index is -3.58. The van der Waals surface area contributed by atoms with Gasteiger partial charge in [0, 0.05) is 11.3 Å². The molecular formula is C17H18FN5O3S2. The molecule has 148 valence electrons. The molecule has 1 aromatic heterocycles. The lowest BCUT2D eigenvalue weighted by Gasteiger charge is -2.34. The van der Waals surface area contributed by atoms with E-state index in [-0.39, 0.29) is 22.8 Å². The average molecular weight is 423 g/mol. The minimum Gasteiger partial charge on any atom is -0.386 e. The number of benzene rings is 1. The van der Waals surface area contributed by atoms with Crippen LogP contribution in [0.5, 0.6) is 0 Å². The second-order valence-electron chi connectivity index (χ2n) is 7.00. The summed E-state index contributed by atoms with van der Waals surface area (Å²) in [6, 6.07) is 2.99. The van der Waals surface area contributed by atoms with Gasteiger partial charge in [0.05, 0.1) is 29.7 Å². The molecule has 4 rings (SSSR count). The van der Waals surface area contributed by atoms with Gasteiger partial charge >= 0.3 is 0 Å². The molecular weight excluding hydrogens is 405 g/mol. The second kappa shape index (κ2) is 6.89. The molecule has 2 aliphatic rings. The Morgan fingerprint density at radius 1 is 1.32 bits per heavy atom. The molecule has 1 atom stereocenters. The van der Waals surface area contributed by atoms with Crippen LogP contribution in [0, 0.1) is 5.82 Å². The Kier molecular flexibility index (Phi) is 4.66. The third-order valence-electron chi connectivity index (χ3n) is 5.35. The Hall–Kier alpha value is -2.40. The SMILES string of the molecule is NC1=NC(c2cc(NC(=O)c3cnsn3)ccc2F)CS(=O)(=O)C12CCCC2. The van der Waals surface area contributed by atoms with Gasteiger partial charge in [-0.15, -0.1) is 0 Å². The molecule has 3 N–H and O–H groups in total. The van der Waals surface area contributed by atoms with Crippen LogP contribution in [0.15, 0.2) is 29.4 Å². The largest absolute Gasteiger partial charge is 0.386 e. The van der Waals surface area contributed by atoms with Gasteiger partial charge in [-0.05, 0) is 31.0 Å². The molecule has 1 fully saturated rings. The number of hydrogen-bond donors (Lipinski definition) is 2. The number of sulfone groups is 1. The van der Waals surface area contributed by atoms with Gasteiger partial charge in [-0.2, -0.15) is 8.75 Å². The lowest BCUT2D eigenvalue weighted by molar-refractivity contribution is 0.102. The summed E-state index contributed by atoms with van der Waals surface area (Å²) in [6.07, 6.45) is 3.79. The number of carbonyl (C=O) groups excluding carboxylic acids is 1. The monoisotopic (exact) mass is 423 g/mol. The highest BCUT2D eigenvalue weighted by atomic mass is 32.2. The van der Waals surface area contributed by atoms with Crippen molar-refractivity contribution in [1.29, 1.82) is 0 Å². The first-order valence-electron chi connectivity index (χ1n) is 8.77. The molecule has 1 aliphatic carbocycles. The van der Waals surface area contributed by atoms with Crippen molar-refractivity contribution in [2.24, 2.45) is 10.7 Å². The summed E-state index contributed by atoms with van der Waals surface area (Å²) in [5.74, 6) is -1.34. The first-order valence-corrected chi connectivity index (χ1v) is 11.1. The zero-order valence-electron chi connectivity index (χ0n) is 14.8. The van der Waals surface area contributed by atoms with E-state index in [0.717, 1.165) is 24.6 Å². The summed E-state index contributed by atoms with van der Waals surface area (Å²) in [5, 5.41) is 2.60. The average Bonchev–Trinajstić information content (AvgIpc) is 3.34. The molecule has 8 nitrogen and oxygen atoms in total. The van der Waals surface area contributed by atoms with Crippen molar-refractivity contribution >= 4 is 39.0 Å². The molecule has 1 spiro atoms. The van der Waals surface area contributed by atoms with Crippen LogP contribution in [0.3, 0.4) is 0 Å². The van der Waals surface area contributed by atoms with Crippen LogP contribution in [0.4, 0.5) is 10.1 Å². The van der Waals surface area contributed by atoms with Gasteiger partial charge in [-0.1, -0.05) is 12.8 Å². The van der Waals surface area contributed by atoms with Crippen LogP contribution in [0.1, 0.15) is 47.8 Å². The van der Waals surface area contributed by atoms with Crippen LogP contribution in [-0.4, -0.2) is 39.4 Å². The number of amides is 1. The number of halogens is 1. The summed E-state index contributed by atoms with van der Waals surface area (Å²) in [6.45, 7) is 0. The summed E-state index contributed by atoms with van der Waals surface area (Å²) in [4.78, 5) is 16.5. The highest BCUT2D eigenvalue weighted by molar-refractivity contribution is 7.93. The first-order chi connectivity index (χ1) is 13.3. The highest BCUT2D eigenvalue weighted by Gasteiger charge is 2.52. The number of nitrogens with zero attached hydrogens (tertiary/aromatic N) is 3. The van der Waals surface area contributed by atoms with Crippen LogP contribution < -0.4 is 11.1 Å². The topological polar surface area (TPSA) is 127 Å². The zero-order valence-corrected chi connectivity index (χ0v) is 16.4. The summed E-state index contributed by atoms with van der Waals surface area (Å²) < 4.78 is 46.9. The third kappa shape index (κ3) is 3.08. The van der Waals surface area contributed by atoms with Crippen LogP contribution in [0.25, 0.3) is 0 Å². The van der Waals surface area contributed by atoms with Crippen molar-refractivity contribution in [3.05, 3.63) is 41.5 Å². The molecule has 11 heteroatoms. The van der Waals surface area contributed by atoms with E-state index in [4.69, 9.17) is 5.73 Å². The van der Waals surface area contributed by atoms with Crippen LogP contribution in [0.2, 0.25) is 0 Å². The summed E-state index contributed by atoms with van der Waals surface area (Å²) >= 11 is 0.897. The fraction of sp³-hybridized carbons (Fsp3) is 0.412. The number of nitrogens with two attached hydrogens (primary N) is 1. The maximum absolute atomic E-state index is 14.5. The minimum absolute atomic E-state index is 0.0589. The third-order valence-corrected chi connectivity index (χ3v) is 8.39. The van der Waals surface area contributed by atoms with E-state index in [1.807, 2.05) is 0 Å². The Morgan fingerprint density at radius 3 is 2.71 bits per heavy atom. The number of hydrogen-bond acceptors (Lipinski definition) is 8. The van der Waals surface area contributed by atoms with E-state index in [2.05, 4.69) is 19.1 Å². The van der Waals surface area contributed by atoms with E-state index in [0.29, 0.717) is 18.5 Å². The summed E-state index contributed by atoms with van der Waals surface area (Å²) in [5.41, 5.74) is 6.60. The standard InChI is InChI=1S/C17H18FN5O3S2/c18-12-4-3-10(21-15(24)13-8-20-27-23-13)7-11(12)14-9-28(25,26)17(16(19)22-14)5-1-2-6-17/h3-4,7-8,14H,1-2,5-6,9H2,(H2,19,22)(H,21,24). The van der Waals surface area contributed by atoms with Gasteiger partial charge in [-0.25, -0.2) is 12.8 Å². The van der Waals surface area contributed by atoms with Crippen molar-refractivity contribution in [3.8, 4) is 0 Å². The van der Waals surface area contributed by atoms with Gasteiger partial charge in [0.25, 0.3) is 5.91 Å². The van der Waals surface area contributed by atoms with E-state index in [9.17, 15) is 17.6 Å². The van der Waals surface area contributed by atoms with E-state index in [1.54, 1.807) is 0 Å². The number of aromatic nitrogens is 2. The number of anilines is 1. The second-order valence-corrected chi connectivity index (χ2v) is 9.90. The molecule has 0 bridgehead atoms. The van der Waals surface area contributed by atoms with Crippen molar-refractivity contribution in [2.45, 2.75) is 36.5 Å². The number of amidine groups is 1. The van der Waals surface area contributed by atoms with E-state index < -0.39 is 32.4 Å². The Labute approximate surface area is 165 Å². The van der Waals surface area contributed by atoms with Gasteiger partial charge < -0.3 is 11.1 Å². The molecule has 0 radical (unpaired) electrons. The molecule has 1 aliphatic heterocycles. The van der Waals surface area contributed by atoms with Crippen molar-refractivity contribution in [3.63, 3.8) is 0 Å². The van der Waals surface area contributed by atoms with Crippen molar-refractivity contribution in [1.82, 2.24) is 8.75 Å². The lowest BCUT2D eigenvalue weighted by atomic mass is 10.0. The van der Waals surface area contributed by atoms with Gasteiger partial charge in [0.15, 0.2) is 15.5 Å². The van der Waals surface area contributed by atoms with Crippen LogP contribution in [-0.2, 0) is 9.84 Å². The van der Waals surface area contributed by atoms with Gasteiger partial charge in [0.1, 0.15) is 16.4 Å². The molecule has 2 aromatic rings. The van der Waals surface area contributed by atoms with Crippen molar-refractivity contribution in [2.75, 3.05) is 11.1 Å². The fourth-order valence-corrected chi connectivity index (χ4v) is 6.54. The Morgan fingerprint density at radius 2 is 2.07 bits per heavy atom. The Balaban J connectivity index is 1.66. The predicted molar refractivity (Wildman–Crippen MR) is 104 cm³/mol. The Bertz CT molecular complexity index is 1050. The van der Waals surface area contributed by atoms with Crippen LogP contribution >= 0.6 is 11.7 Å². The number of nitrogens with one attached hydrogen (secondary N) is 1. The number of carbonyl (C=O) groups is 1. The van der Waals surface area contributed by atoms with Crippen molar-refractivity contribution < 1.29 is 17.6 Å². The number of rotatable bonds is 3. The maximum atomic E-state index is 14.5. The first kappa shape index (κ1) is 18.9. The molecule has 1 amide bonds. The molecule has 28 heavy (non-hydrogen) atoms. The number of aliphatic imine (C=N–C) groups is 1. The zero-order chi connectivity index (χ0) is 19.9. The van der Waals surface area contributed by atoms with E-state index in [1.165, 1.54) is 24.4 Å². The molecule has 1 unspecified atom stereocenters. The highest BCUT2D eigenvalue weighted by Crippen LogP contribution is 2.43. The quantitative estimate of drug-likeness (QED) is 0.778. The molecule has 1 saturated carbocycles. The predicted octanol–water partition coefficient (Wildman–Crippen LogP) is 2.07. The normalized spacial score (nSPS) is 22.8. The molecule has 2 heterocycles. The van der Waals surface area contributed by atoms with Gasteiger partial charge in [0.2, 0.25) is 0 Å².